The van der Waals surface area contributed by atoms with Crippen molar-refractivity contribution in [2.24, 2.45) is 0 Å². The van der Waals surface area contributed by atoms with Crippen LogP contribution in [-0.4, -0.2) is 69.0 Å². The van der Waals surface area contributed by atoms with Crippen LogP contribution < -0.4 is 4.74 Å². The van der Waals surface area contributed by atoms with Crippen LogP contribution in [-0.2, 0) is 4.79 Å². The molecule has 5 aromatic rings. The molecule has 0 spiro atoms. The van der Waals surface area contributed by atoms with Crippen LogP contribution in [0.15, 0.2) is 77.4 Å². The summed E-state index contributed by atoms with van der Waals surface area (Å²) in [5.41, 5.74) is 3.44. The van der Waals surface area contributed by atoms with Crippen LogP contribution in [0, 0.1) is 0 Å². The summed E-state index contributed by atoms with van der Waals surface area (Å²) in [5.74, 6) is -1.85. The third kappa shape index (κ3) is 6.61. The molecule has 0 amide bonds. The van der Waals surface area contributed by atoms with E-state index in [4.69, 9.17) is 30.8 Å². The number of nitrogens with zero attached hydrogens (tertiary/aromatic N) is 3. The van der Waals surface area contributed by atoms with E-state index in [1.165, 1.54) is 0 Å². The van der Waals surface area contributed by atoms with Crippen LogP contribution in [0.3, 0.4) is 0 Å². The first-order valence-electron chi connectivity index (χ1n) is 13.6. The monoisotopic (exact) mass is 626 g/mol. The summed E-state index contributed by atoms with van der Waals surface area (Å²) >= 11 is 6.50. The molecule has 0 aliphatic carbocycles. The minimum absolute atomic E-state index is 0.181. The Hall–Kier alpha value is -4.68. The zero-order chi connectivity index (χ0) is 31.4. The van der Waals surface area contributed by atoms with E-state index in [-0.39, 0.29) is 11.9 Å². The average Bonchev–Trinajstić information content (AvgIpc) is 3.64. The SMILES string of the molecule is CCCN1CC(Oc2ccc(C(=O)c3c(-c4ccccc4Cl)noc3-c3cccc4[nH]ncc34)cc2)C1.O=C(O)C(F)(F)F. The number of hydrogen-bond donors (Lipinski definition) is 2. The molecular weight excluding hydrogens is 601 g/mol. The minimum Gasteiger partial charge on any atom is -0.488 e. The van der Waals surface area contributed by atoms with Crippen molar-refractivity contribution in [3.63, 3.8) is 0 Å². The second-order valence-corrected chi connectivity index (χ2v) is 10.4. The molecule has 3 heterocycles. The van der Waals surface area contributed by atoms with Crippen LogP contribution >= 0.6 is 11.6 Å². The van der Waals surface area contributed by atoms with E-state index in [1.54, 1.807) is 24.4 Å². The normalized spacial score (nSPS) is 13.7. The molecule has 228 valence electrons. The first kappa shape index (κ1) is 30.8. The number of alkyl halides is 3. The molecule has 9 nitrogen and oxygen atoms in total. The Balaban J connectivity index is 0.000000493. The Morgan fingerprint density at radius 1 is 1.07 bits per heavy atom. The van der Waals surface area contributed by atoms with Crippen LogP contribution in [0.1, 0.15) is 29.3 Å². The molecule has 6 rings (SSSR count). The number of carbonyl (C=O) groups is 2. The molecule has 1 aliphatic heterocycles. The number of nitrogens with one attached hydrogen (secondary N) is 1. The van der Waals surface area contributed by atoms with Gasteiger partial charge < -0.3 is 14.4 Å². The standard InChI is InChI=1S/C29H25ClN4O3.C2HF3O2/c1-2-14-34-16-20(17-34)36-19-12-10-18(11-13-19)28(35)26-27(22-6-3-4-8-24(22)30)33-37-29(26)21-7-5-9-25-23(21)15-31-32-25;3-2(4,5)1(6)7/h3-13,15,20H,2,14,16-17H2,1H3,(H,31,32);(H,6,7). The van der Waals surface area contributed by atoms with Gasteiger partial charge in [0, 0.05) is 35.2 Å². The van der Waals surface area contributed by atoms with E-state index >= 15 is 0 Å². The molecule has 3 aromatic carbocycles. The van der Waals surface area contributed by atoms with Gasteiger partial charge in [0.1, 0.15) is 17.5 Å². The van der Waals surface area contributed by atoms with Gasteiger partial charge in [0.25, 0.3) is 0 Å². The molecule has 0 atom stereocenters. The van der Waals surface area contributed by atoms with Crippen molar-refractivity contribution in [1.29, 1.82) is 0 Å². The van der Waals surface area contributed by atoms with Gasteiger partial charge in [0.2, 0.25) is 0 Å². The van der Waals surface area contributed by atoms with Crippen LogP contribution in [0.5, 0.6) is 5.75 Å². The Bertz CT molecular complexity index is 1780. The Labute approximate surface area is 254 Å². The third-order valence-electron chi connectivity index (χ3n) is 6.90. The molecule has 0 unspecified atom stereocenters. The maximum Gasteiger partial charge on any atom is 0.490 e. The Morgan fingerprint density at radius 3 is 2.41 bits per heavy atom. The first-order valence-corrected chi connectivity index (χ1v) is 14.0. The van der Waals surface area contributed by atoms with Gasteiger partial charge in [-0.05, 0) is 49.4 Å². The molecule has 44 heavy (non-hydrogen) atoms. The number of ketones is 1. The number of hydrogen-bond acceptors (Lipinski definition) is 7. The highest BCUT2D eigenvalue weighted by Crippen LogP contribution is 2.39. The fourth-order valence-electron chi connectivity index (χ4n) is 4.81. The zero-order valence-corrected chi connectivity index (χ0v) is 24.0. The number of benzene rings is 3. The Morgan fingerprint density at radius 2 is 1.75 bits per heavy atom. The van der Waals surface area contributed by atoms with Crippen molar-refractivity contribution in [2.75, 3.05) is 19.6 Å². The fourth-order valence-corrected chi connectivity index (χ4v) is 5.03. The van der Waals surface area contributed by atoms with Gasteiger partial charge in [-0.25, -0.2) is 4.79 Å². The number of carboxylic acids is 1. The molecule has 0 saturated carbocycles. The highest BCUT2D eigenvalue weighted by molar-refractivity contribution is 6.33. The van der Waals surface area contributed by atoms with Crippen molar-refractivity contribution in [3.8, 4) is 28.3 Å². The number of aromatic nitrogens is 3. The quantitative estimate of drug-likeness (QED) is 0.179. The number of fused-ring (bicyclic) bond motifs is 1. The first-order chi connectivity index (χ1) is 21.1. The molecule has 1 fully saturated rings. The number of rotatable bonds is 8. The second kappa shape index (κ2) is 12.9. The zero-order valence-electron chi connectivity index (χ0n) is 23.3. The topological polar surface area (TPSA) is 122 Å². The van der Waals surface area contributed by atoms with Crippen LogP contribution in [0.4, 0.5) is 13.2 Å². The number of aromatic amines is 1. The molecule has 0 radical (unpaired) electrons. The summed E-state index contributed by atoms with van der Waals surface area (Å²) in [7, 11) is 0. The van der Waals surface area contributed by atoms with Crippen LogP contribution in [0.2, 0.25) is 5.02 Å². The highest BCUT2D eigenvalue weighted by atomic mass is 35.5. The van der Waals surface area contributed by atoms with Crippen molar-refractivity contribution >= 4 is 34.3 Å². The summed E-state index contributed by atoms with van der Waals surface area (Å²) in [6.07, 6.45) is -2.05. The summed E-state index contributed by atoms with van der Waals surface area (Å²) in [6, 6.07) is 20.2. The summed E-state index contributed by atoms with van der Waals surface area (Å²) in [5, 5.41) is 19.9. The number of carbonyl (C=O) groups excluding carboxylic acids is 1. The van der Waals surface area contributed by atoms with E-state index in [0.29, 0.717) is 33.2 Å². The maximum absolute atomic E-state index is 14.0. The predicted octanol–water partition coefficient (Wildman–Crippen LogP) is 6.88. The lowest BCUT2D eigenvalue weighted by atomic mass is 9.94. The largest absolute Gasteiger partial charge is 0.490 e. The van der Waals surface area contributed by atoms with Gasteiger partial charge in [-0.3, -0.25) is 14.8 Å². The number of carboxylic acid groups (broad SMARTS) is 1. The number of likely N-dealkylation sites (tertiary alicyclic amines) is 1. The molecule has 13 heteroatoms. The second-order valence-electron chi connectivity index (χ2n) is 10.0. The van der Waals surface area contributed by atoms with Crippen molar-refractivity contribution in [3.05, 3.63) is 89.1 Å². The van der Waals surface area contributed by atoms with Gasteiger partial charge in [-0.1, -0.05) is 54.0 Å². The highest BCUT2D eigenvalue weighted by Gasteiger charge is 2.38. The summed E-state index contributed by atoms with van der Waals surface area (Å²) in [6.45, 7) is 5.13. The minimum atomic E-state index is -5.08. The van der Waals surface area contributed by atoms with Crippen molar-refractivity contribution in [2.45, 2.75) is 25.6 Å². The van der Waals surface area contributed by atoms with E-state index in [1.807, 2.05) is 48.5 Å². The fraction of sp³-hybridized carbons (Fsp3) is 0.226. The van der Waals surface area contributed by atoms with E-state index in [9.17, 15) is 18.0 Å². The van der Waals surface area contributed by atoms with E-state index in [2.05, 4.69) is 27.2 Å². The van der Waals surface area contributed by atoms with Gasteiger partial charge in [0.15, 0.2) is 11.5 Å². The van der Waals surface area contributed by atoms with E-state index in [0.717, 1.165) is 48.3 Å². The van der Waals surface area contributed by atoms with Gasteiger partial charge in [-0.2, -0.15) is 18.3 Å². The number of aliphatic carboxylic acids is 1. The lowest BCUT2D eigenvalue weighted by Crippen LogP contribution is -2.53. The Kier molecular flexibility index (Phi) is 9.02. The molecule has 2 aromatic heterocycles. The van der Waals surface area contributed by atoms with Gasteiger partial charge in [0.05, 0.1) is 22.3 Å². The van der Waals surface area contributed by atoms with E-state index < -0.39 is 12.1 Å². The summed E-state index contributed by atoms with van der Waals surface area (Å²) < 4.78 is 43.7. The smallest absolute Gasteiger partial charge is 0.488 e. The number of halogens is 4. The molecule has 1 saturated heterocycles. The molecule has 0 bridgehead atoms. The maximum atomic E-state index is 14.0. The number of H-pyrrole nitrogens is 1. The van der Waals surface area contributed by atoms with Crippen molar-refractivity contribution < 1.29 is 37.1 Å². The lowest BCUT2D eigenvalue weighted by molar-refractivity contribution is -0.192. The third-order valence-corrected chi connectivity index (χ3v) is 7.23. The molecule has 1 aliphatic rings. The molecule has 2 N–H and O–H groups in total. The molecular formula is C31H26ClF3N4O5. The van der Waals surface area contributed by atoms with Gasteiger partial charge in [-0.15, -0.1) is 0 Å². The number of ether oxygens (including phenoxy) is 1. The lowest BCUT2D eigenvalue weighted by Gasteiger charge is -2.38. The average molecular weight is 627 g/mol. The van der Waals surface area contributed by atoms with Crippen molar-refractivity contribution in [1.82, 2.24) is 20.3 Å². The summed E-state index contributed by atoms with van der Waals surface area (Å²) in [4.78, 5) is 25.2. The van der Waals surface area contributed by atoms with Crippen LogP contribution in [0.25, 0.3) is 33.5 Å². The predicted molar refractivity (Wildman–Crippen MR) is 157 cm³/mol. The van der Waals surface area contributed by atoms with Gasteiger partial charge >= 0.3 is 12.1 Å².